The van der Waals surface area contributed by atoms with Gasteiger partial charge in [0.2, 0.25) is 11.7 Å². The van der Waals surface area contributed by atoms with Crippen LogP contribution < -0.4 is 10.3 Å². The predicted molar refractivity (Wildman–Crippen MR) is 114 cm³/mol. The molecule has 3 aromatic heterocycles. The third kappa shape index (κ3) is 3.59. The first kappa shape index (κ1) is 19.1. The first-order valence-corrected chi connectivity index (χ1v) is 9.95. The van der Waals surface area contributed by atoms with E-state index in [9.17, 15) is 4.79 Å². The molecule has 0 radical (unpaired) electrons. The zero-order valence-corrected chi connectivity index (χ0v) is 17.7. The fraction of sp³-hybridized carbons (Fsp3) is 0.100. The summed E-state index contributed by atoms with van der Waals surface area (Å²) >= 11 is 3.42. The van der Waals surface area contributed by atoms with Crippen LogP contribution in [-0.4, -0.2) is 41.8 Å². The first-order valence-electron chi connectivity index (χ1n) is 9.16. The summed E-state index contributed by atoms with van der Waals surface area (Å²) in [5, 5.41) is 12.1. The molecule has 0 aliphatic carbocycles. The largest absolute Gasteiger partial charge is 0.497 e. The van der Waals surface area contributed by atoms with Crippen molar-refractivity contribution in [3.63, 3.8) is 0 Å². The summed E-state index contributed by atoms with van der Waals surface area (Å²) in [6.45, 7) is 0.0676. The molecule has 0 saturated carbocycles. The molecule has 0 atom stereocenters. The van der Waals surface area contributed by atoms with Crippen LogP contribution in [0.1, 0.15) is 5.89 Å². The summed E-state index contributed by atoms with van der Waals surface area (Å²) in [4.78, 5) is 21.6. The zero-order chi connectivity index (χ0) is 21.4. The van der Waals surface area contributed by atoms with Gasteiger partial charge in [0.15, 0.2) is 11.2 Å². The molecule has 0 fully saturated rings. The van der Waals surface area contributed by atoms with Crippen molar-refractivity contribution >= 4 is 27.1 Å². The van der Waals surface area contributed by atoms with Crippen molar-refractivity contribution in [2.75, 3.05) is 7.11 Å². The minimum atomic E-state index is -0.355. The zero-order valence-electron chi connectivity index (χ0n) is 16.1. The van der Waals surface area contributed by atoms with Gasteiger partial charge >= 0.3 is 0 Å². The molecular weight excluding hydrogens is 466 g/mol. The number of hydrogen-bond donors (Lipinski definition) is 0. The van der Waals surface area contributed by atoms with Gasteiger partial charge in [-0.15, -0.1) is 5.10 Å². The lowest BCUT2D eigenvalue weighted by molar-refractivity contribution is 0.369. The summed E-state index contributed by atoms with van der Waals surface area (Å²) in [6.07, 6.45) is 1.41. The molecule has 0 amide bonds. The topological polar surface area (TPSA) is 114 Å². The predicted octanol–water partition coefficient (Wildman–Crippen LogP) is 2.85. The minimum Gasteiger partial charge on any atom is -0.497 e. The first-order chi connectivity index (χ1) is 15.1. The lowest BCUT2D eigenvalue weighted by Crippen LogP contribution is -2.21. The number of nitrogens with zero attached hydrogens (tertiary/aromatic N) is 7. The average Bonchev–Trinajstić information content (AvgIpc) is 3.43. The summed E-state index contributed by atoms with van der Waals surface area (Å²) in [5.74, 6) is 1.43. The highest BCUT2D eigenvalue weighted by molar-refractivity contribution is 9.10. The van der Waals surface area contributed by atoms with Crippen molar-refractivity contribution in [3.05, 3.63) is 75.6 Å². The van der Waals surface area contributed by atoms with E-state index in [0.717, 1.165) is 10.0 Å². The second-order valence-corrected chi connectivity index (χ2v) is 7.49. The van der Waals surface area contributed by atoms with Crippen LogP contribution in [0.15, 0.2) is 68.6 Å². The number of aromatic nitrogens is 7. The molecule has 3 heterocycles. The van der Waals surface area contributed by atoms with E-state index in [1.54, 1.807) is 19.2 Å². The maximum atomic E-state index is 12.9. The van der Waals surface area contributed by atoms with E-state index in [0.29, 0.717) is 22.9 Å². The summed E-state index contributed by atoms with van der Waals surface area (Å²) < 4.78 is 14.2. The molecule has 5 rings (SSSR count). The van der Waals surface area contributed by atoms with E-state index in [1.165, 1.54) is 15.6 Å². The van der Waals surface area contributed by atoms with Crippen LogP contribution in [0.2, 0.25) is 0 Å². The highest BCUT2D eigenvalue weighted by atomic mass is 79.9. The second kappa shape index (κ2) is 7.76. The molecule has 0 aliphatic rings. The highest BCUT2D eigenvalue weighted by Gasteiger charge is 2.16. The number of fused-ring (bicyclic) bond motifs is 1. The number of hydrogen-bond acceptors (Lipinski definition) is 8. The molecule has 5 aromatic rings. The van der Waals surface area contributed by atoms with Gasteiger partial charge in [-0.2, -0.15) is 9.67 Å². The molecule has 0 bridgehead atoms. The molecule has 2 aromatic carbocycles. The van der Waals surface area contributed by atoms with Crippen molar-refractivity contribution in [1.82, 2.24) is 34.7 Å². The SMILES string of the molecule is COc1ccc(-n2nnc3c(=O)n(Cc4nc(-c5cccc(Br)c5)no4)cnc32)cc1. The van der Waals surface area contributed by atoms with E-state index in [2.05, 4.69) is 41.4 Å². The van der Waals surface area contributed by atoms with Crippen LogP contribution in [0.3, 0.4) is 0 Å². The maximum absolute atomic E-state index is 12.9. The number of halogens is 1. The number of ether oxygens (including phenoxy) is 1. The van der Waals surface area contributed by atoms with E-state index < -0.39 is 0 Å². The summed E-state index contributed by atoms with van der Waals surface area (Å²) in [7, 11) is 1.59. The number of methoxy groups -OCH3 is 1. The van der Waals surface area contributed by atoms with Crippen LogP contribution >= 0.6 is 15.9 Å². The Hall–Kier alpha value is -3.86. The Morgan fingerprint density at radius 2 is 2.00 bits per heavy atom. The fourth-order valence-corrected chi connectivity index (χ4v) is 3.46. The number of benzene rings is 2. The van der Waals surface area contributed by atoms with Crippen LogP contribution in [0, 0.1) is 0 Å². The van der Waals surface area contributed by atoms with Crippen molar-refractivity contribution in [1.29, 1.82) is 0 Å². The Morgan fingerprint density at radius 1 is 1.16 bits per heavy atom. The molecule has 11 heteroatoms. The van der Waals surface area contributed by atoms with Crippen molar-refractivity contribution in [3.8, 4) is 22.8 Å². The Kier molecular flexibility index (Phi) is 4.79. The molecule has 154 valence electrons. The Labute approximate surface area is 183 Å². The lowest BCUT2D eigenvalue weighted by Gasteiger charge is -2.04. The van der Waals surface area contributed by atoms with E-state index in [1.807, 2.05) is 36.4 Å². The molecule has 10 nitrogen and oxygen atoms in total. The van der Waals surface area contributed by atoms with Gasteiger partial charge in [0, 0.05) is 10.0 Å². The molecule has 31 heavy (non-hydrogen) atoms. The molecule has 0 aliphatic heterocycles. The van der Waals surface area contributed by atoms with Crippen LogP contribution in [-0.2, 0) is 6.54 Å². The molecule has 0 spiro atoms. The van der Waals surface area contributed by atoms with Crippen molar-refractivity contribution in [2.45, 2.75) is 6.54 Å². The van der Waals surface area contributed by atoms with Gasteiger partial charge in [0.1, 0.15) is 18.6 Å². The molecule has 0 N–H and O–H groups in total. The Balaban J connectivity index is 1.45. The quantitative estimate of drug-likeness (QED) is 0.378. The van der Waals surface area contributed by atoms with Crippen LogP contribution in [0.25, 0.3) is 28.2 Å². The van der Waals surface area contributed by atoms with Crippen molar-refractivity contribution < 1.29 is 9.26 Å². The number of rotatable bonds is 5. The summed E-state index contributed by atoms with van der Waals surface area (Å²) in [5.41, 5.74) is 1.65. The molecular formula is C20H14BrN7O3. The van der Waals surface area contributed by atoms with E-state index >= 15 is 0 Å². The van der Waals surface area contributed by atoms with Gasteiger partial charge in [0.05, 0.1) is 12.8 Å². The van der Waals surface area contributed by atoms with Crippen LogP contribution in [0.5, 0.6) is 5.75 Å². The molecule has 0 unspecified atom stereocenters. The third-order valence-corrected chi connectivity index (χ3v) is 5.10. The normalized spacial score (nSPS) is 11.2. The lowest BCUT2D eigenvalue weighted by atomic mass is 10.2. The van der Waals surface area contributed by atoms with Gasteiger partial charge in [0.25, 0.3) is 5.56 Å². The second-order valence-electron chi connectivity index (χ2n) is 6.57. The van der Waals surface area contributed by atoms with E-state index in [4.69, 9.17) is 9.26 Å². The van der Waals surface area contributed by atoms with Crippen LogP contribution in [0.4, 0.5) is 0 Å². The van der Waals surface area contributed by atoms with Gasteiger partial charge in [-0.3, -0.25) is 9.36 Å². The minimum absolute atomic E-state index is 0.0676. The fourth-order valence-electron chi connectivity index (χ4n) is 3.06. The standard InChI is InChI=1S/C20H14BrN7O3/c1-30-15-7-5-14(6-8-15)28-19-17(24-26-28)20(29)27(11-22-19)10-16-23-18(25-31-16)12-3-2-4-13(21)9-12/h2-9,11H,10H2,1H3. The van der Waals surface area contributed by atoms with Gasteiger partial charge in [-0.1, -0.05) is 38.4 Å². The average molecular weight is 480 g/mol. The Morgan fingerprint density at radius 3 is 2.77 bits per heavy atom. The molecule has 0 saturated heterocycles. The summed E-state index contributed by atoms with van der Waals surface area (Å²) in [6, 6.07) is 14.7. The van der Waals surface area contributed by atoms with Crippen molar-refractivity contribution in [2.24, 2.45) is 0 Å². The monoisotopic (exact) mass is 479 g/mol. The highest BCUT2D eigenvalue weighted by Crippen LogP contribution is 2.21. The Bertz CT molecular complexity index is 1440. The van der Waals surface area contributed by atoms with E-state index in [-0.39, 0.29) is 23.5 Å². The smallest absolute Gasteiger partial charge is 0.284 e. The third-order valence-electron chi connectivity index (χ3n) is 4.60. The van der Waals surface area contributed by atoms with Gasteiger partial charge in [-0.25, -0.2) is 4.98 Å². The van der Waals surface area contributed by atoms with Gasteiger partial charge < -0.3 is 9.26 Å². The maximum Gasteiger partial charge on any atom is 0.284 e. The van der Waals surface area contributed by atoms with Gasteiger partial charge in [-0.05, 0) is 36.4 Å².